The fourth-order valence-electron chi connectivity index (χ4n) is 3.09. The van der Waals surface area contributed by atoms with Crippen LogP contribution >= 0.6 is 0 Å². The van der Waals surface area contributed by atoms with E-state index in [2.05, 4.69) is 24.1 Å². The quantitative estimate of drug-likeness (QED) is 0.876. The first kappa shape index (κ1) is 17.8. The molecule has 2 aliphatic heterocycles. The van der Waals surface area contributed by atoms with Gasteiger partial charge in [-0.2, -0.15) is 0 Å². The number of ether oxygens (including phenoxy) is 3. The Morgan fingerprint density at radius 3 is 2.72 bits per heavy atom. The van der Waals surface area contributed by atoms with Crippen LogP contribution in [0.4, 0.5) is 4.79 Å². The van der Waals surface area contributed by atoms with Gasteiger partial charge >= 0.3 is 6.03 Å². The SMILES string of the molecule is CN(Cc1ccc2c(c1)OCO2)C(=O)NCC(C)(C)N1CCOCC1. The Bertz CT molecular complexity index is 614. The van der Waals surface area contributed by atoms with Gasteiger partial charge in [-0.3, -0.25) is 4.90 Å². The van der Waals surface area contributed by atoms with Crippen molar-refractivity contribution in [1.29, 1.82) is 0 Å². The van der Waals surface area contributed by atoms with E-state index in [0.29, 0.717) is 13.1 Å². The molecule has 7 heteroatoms. The number of benzene rings is 1. The normalized spacial score (nSPS) is 17.4. The summed E-state index contributed by atoms with van der Waals surface area (Å²) in [4.78, 5) is 16.5. The van der Waals surface area contributed by atoms with Crippen molar-refractivity contribution < 1.29 is 19.0 Å². The fourth-order valence-corrected chi connectivity index (χ4v) is 3.09. The summed E-state index contributed by atoms with van der Waals surface area (Å²) < 4.78 is 16.1. The van der Waals surface area contributed by atoms with Crippen LogP contribution in [-0.2, 0) is 11.3 Å². The maximum atomic E-state index is 12.4. The smallest absolute Gasteiger partial charge is 0.317 e. The first-order valence-corrected chi connectivity index (χ1v) is 8.66. The lowest BCUT2D eigenvalue weighted by molar-refractivity contribution is -0.00900. The predicted molar refractivity (Wildman–Crippen MR) is 93.9 cm³/mol. The van der Waals surface area contributed by atoms with E-state index in [0.717, 1.165) is 43.4 Å². The fraction of sp³-hybridized carbons (Fsp3) is 0.611. The monoisotopic (exact) mass is 349 g/mol. The molecular formula is C18H27N3O4. The van der Waals surface area contributed by atoms with Gasteiger partial charge in [0.15, 0.2) is 11.5 Å². The molecule has 2 heterocycles. The van der Waals surface area contributed by atoms with E-state index in [-0.39, 0.29) is 18.4 Å². The average molecular weight is 349 g/mol. The van der Waals surface area contributed by atoms with Crippen molar-refractivity contribution in [3.63, 3.8) is 0 Å². The van der Waals surface area contributed by atoms with Gasteiger partial charge in [0.05, 0.1) is 13.2 Å². The Kier molecular flexibility index (Phi) is 5.34. The second-order valence-corrected chi connectivity index (χ2v) is 7.11. The summed E-state index contributed by atoms with van der Waals surface area (Å²) in [7, 11) is 1.79. The van der Waals surface area contributed by atoms with Gasteiger partial charge in [0.2, 0.25) is 6.79 Å². The van der Waals surface area contributed by atoms with Crippen LogP contribution in [0.25, 0.3) is 0 Å². The number of hydrogen-bond acceptors (Lipinski definition) is 5. The lowest BCUT2D eigenvalue weighted by Crippen LogP contribution is -2.56. The number of carbonyl (C=O) groups excluding carboxylic acids is 1. The van der Waals surface area contributed by atoms with E-state index in [1.165, 1.54) is 0 Å². The Morgan fingerprint density at radius 1 is 1.24 bits per heavy atom. The standard InChI is InChI=1S/C18H27N3O4/c1-18(2,21-6-8-23-9-7-21)12-19-17(22)20(3)11-14-4-5-15-16(10-14)25-13-24-15/h4-5,10H,6-9,11-13H2,1-3H3,(H,19,22). The molecule has 2 amide bonds. The molecule has 0 aromatic heterocycles. The maximum absolute atomic E-state index is 12.4. The van der Waals surface area contributed by atoms with E-state index in [1.807, 2.05) is 18.2 Å². The molecule has 1 fully saturated rings. The molecule has 1 aromatic carbocycles. The predicted octanol–water partition coefficient (Wildman–Crippen LogP) is 1.67. The molecule has 0 spiro atoms. The Hall–Kier alpha value is -1.99. The second-order valence-electron chi connectivity index (χ2n) is 7.11. The summed E-state index contributed by atoms with van der Waals surface area (Å²) in [5, 5.41) is 3.04. The third-order valence-electron chi connectivity index (χ3n) is 4.74. The van der Waals surface area contributed by atoms with Crippen LogP contribution in [-0.4, -0.2) is 68.1 Å². The van der Waals surface area contributed by atoms with Gasteiger partial charge < -0.3 is 24.4 Å². The summed E-state index contributed by atoms with van der Waals surface area (Å²) in [5.74, 6) is 1.49. The van der Waals surface area contributed by atoms with Crippen LogP contribution in [0.5, 0.6) is 11.5 Å². The summed E-state index contributed by atoms with van der Waals surface area (Å²) >= 11 is 0. The summed E-state index contributed by atoms with van der Waals surface area (Å²) in [5.41, 5.74) is 0.910. The Labute approximate surface area is 148 Å². The first-order valence-electron chi connectivity index (χ1n) is 8.66. The molecule has 0 unspecified atom stereocenters. The van der Waals surface area contributed by atoms with E-state index in [1.54, 1.807) is 11.9 Å². The maximum Gasteiger partial charge on any atom is 0.317 e. The minimum atomic E-state index is -0.0982. The van der Waals surface area contributed by atoms with Gasteiger partial charge in [-0.05, 0) is 31.5 Å². The third kappa shape index (κ3) is 4.35. The molecule has 0 radical (unpaired) electrons. The first-order chi connectivity index (χ1) is 12.0. The highest BCUT2D eigenvalue weighted by Gasteiger charge is 2.29. The number of hydrogen-bond donors (Lipinski definition) is 1. The van der Waals surface area contributed by atoms with Crippen LogP contribution in [0.2, 0.25) is 0 Å². The highest BCUT2D eigenvalue weighted by molar-refractivity contribution is 5.74. The van der Waals surface area contributed by atoms with Crippen LogP contribution < -0.4 is 14.8 Å². The highest BCUT2D eigenvalue weighted by Crippen LogP contribution is 2.32. The van der Waals surface area contributed by atoms with Gasteiger partial charge in [-0.25, -0.2) is 4.79 Å². The lowest BCUT2D eigenvalue weighted by Gasteiger charge is -2.41. The number of amides is 2. The van der Waals surface area contributed by atoms with Crippen LogP contribution in [0.1, 0.15) is 19.4 Å². The van der Waals surface area contributed by atoms with E-state index < -0.39 is 0 Å². The van der Waals surface area contributed by atoms with Gasteiger partial charge in [-0.1, -0.05) is 6.07 Å². The van der Waals surface area contributed by atoms with Crippen molar-refractivity contribution >= 4 is 6.03 Å². The van der Waals surface area contributed by atoms with E-state index in [9.17, 15) is 4.79 Å². The highest BCUT2D eigenvalue weighted by atomic mass is 16.7. The zero-order chi connectivity index (χ0) is 17.9. The van der Waals surface area contributed by atoms with E-state index in [4.69, 9.17) is 14.2 Å². The van der Waals surface area contributed by atoms with Crippen LogP contribution in [0.3, 0.4) is 0 Å². The van der Waals surface area contributed by atoms with Crippen molar-refractivity contribution in [3.05, 3.63) is 23.8 Å². The molecule has 3 rings (SSSR count). The van der Waals surface area contributed by atoms with Gasteiger partial charge in [0.25, 0.3) is 0 Å². The average Bonchev–Trinajstić information content (AvgIpc) is 3.08. The molecule has 2 aliphatic rings. The topological polar surface area (TPSA) is 63.3 Å². The summed E-state index contributed by atoms with van der Waals surface area (Å²) in [6.07, 6.45) is 0. The second kappa shape index (κ2) is 7.49. The molecule has 0 saturated carbocycles. The molecule has 1 aromatic rings. The minimum Gasteiger partial charge on any atom is -0.454 e. The van der Waals surface area contributed by atoms with Gasteiger partial charge in [0.1, 0.15) is 0 Å². The van der Waals surface area contributed by atoms with Crippen molar-refractivity contribution in [1.82, 2.24) is 15.1 Å². The van der Waals surface area contributed by atoms with Gasteiger partial charge in [0, 0.05) is 38.8 Å². The summed E-state index contributed by atoms with van der Waals surface area (Å²) in [6.45, 7) is 8.96. The number of nitrogens with one attached hydrogen (secondary N) is 1. The summed E-state index contributed by atoms with van der Waals surface area (Å²) in [6, 6.07) is 5.67. The Balaban J connectivity index is 1.50. The molecule has 0 bridgehead atoms. The zero-order valence-electron chi connectivity index (χ0n) is 15.2. The minimum absolute atomic E-state index is 0.0843. The molecule has 25 heavy (non-hydrogen) atoms. The van der Waals surface area contributed by atoms with Gasteiger partial charge in [-0.15, -0.1) is 0 Å². The van der Waals surface area contributed by atoms with Crippen molar-refractivity contribution in [2.24, 2.45) is 0 Å². The molecular weight excluding hydrogens is 322 g/mol. The largest absolute Gasteiger partial charge is 0.454 e. The van der Waals surface area contributed by atoms with Crippen molar-refractivity contribution in [3.8, 4) is 11.5 Å². The number of urea groups is 1. The molecule has 7 nitrogen and oxygen atoms in total. The van der Waals surface area contributed by atoms with Crippen molar-refractivity contribution in [2.75, 3.05) is 46.7 Å². The molecule has 1 N–H and O–H groups in total. The van der Waals surface area contributed by atoms with Crippen LogP contribution in [0, 0.1) is 0 Å². The number of carbonyl (C=O) groups is 1. The molecule has 0 atom stereocenters. The van der Waals surface area contributed by atoms with Crippen molar-refractivity contribution in [2.45, 2.75) is 25.9 Å². The number of nitrogens with zero attached hydrogens (tertiary/aromatic N) is 2. The zero-order valence-corrected chi connectivity index (χ0v) is 15.2. The molecule has 138 valence electrons. The number of fused-ring (bicyclic) bond motifs is 1. The number of rotatable bonds is 5. The van der Waals surface area contributed by atoms with Crippen LogP contribution in [0.15, 0.2) is 18.2 Å². The number of morpholine rings is 1. The van der Waals surface area contributed by atoms with E-state index >= 15 is 0 Å². The lowest BCUT2D eigenvalue weighted by atomic mass is 10.0. The molecule has 1 saturated heterocycles. The Morgan fingerprint density at radius 2 is 1.96 bits per heavy atom. The third-order valence-corrected chi connectivity index (χ3v) is 4.74. The molecule has 0 aliphatic carbocycles.